The van der Waals surface area contributed by atoms with E-state index in [2.05, 4.69) is 110 Å². The number of hydrogen-bond donors (Lipinski definition) is 0. The predicted octanol–water partition coefficient (Wildman–Crippen LogP) is 7.64. The summed E-state index contributed by atoms with van der Waals surface area (Å²) in [5, 5.41) is 5.20. The Kier molecular flexibility index (Phi) is 3.76. The maximum Gasteiger partial charge on any atom is -0.00992 e. The fourth-order valence-corrected chi connectivity index (χ4v) is 3.88. The molecule has 5 rings (SSSR count). The van der Waals surface area contributed by atoms with E-state index in [9.17, 15) is 0 Å². The molecule has 0 atom stereocenters. The number of fused-ring (bicyclic) bond motifs is 3. The summed E-state index contributed by atoms with van der Waals surface area (Å²) in [6, 6.07) is 37.3. The molecule has 0 spiro atoms. The molecule has 0 fully saturated rings. The number of hydrogen-bond acceptors (Lipinski definition) is 0. The minimum Gasteiger partial charge on any atom is -0.0616 e. The molecule has 0 unspecified atom stereocenters. The van der Waals surface area contributed by atoms with Gasteiger partial charge in [0.2, 0.25) is 0 Å². The van der Waals surface area contributed by atoms with Gasteiger partial charge in [0.25, 0.3) is 0 Å². The Labute approximate surface area is 159 Å². The molecule has 0 bridgehead atoms. The Morgan fingerprint density at radius 2 is 1.00 bits per heavy atom. The van der Waals surface area contributed by atoms with Gasteiger partial charge in [0.05, 0.1) is 0 Å². The maximum absolute atomic E-state index is 2.33. The average molecular weight is 344 g/mol. The summed E-state index contributed by atoms with van der Waals surface area (Å²) in [7, 11) is 0. The quantitative estimate of drug-likeness (QED) is 0.289. The molecule has 0 N–H and O–H groups in total. The third-order valence-electron chi connectivity index (χ3n) is 5.29. The molecule has 0 saturated heterocycles. The third kappa shape index (κ3) is 2.90. The Morgan fingerprint density at radius 3 is 1.78 bits per heavy atom. The van der Waals surface area contributed by atoms with Crippen molar-refractivity contribution >= 4 is 21.5 Å². The molecule has 0 saturated carbocycles. The molecule has 5 aromatic rings. The van der Waals surface area contributed by atoms with Gasteiger partial charge in [-0.05, 0) is 62.9 Å². The zero-order chi connectivity index (χ0) is 18.2. The lowest BCUT2D eigenvalue weighted by atomic mass is 9.95. The van der Waals surface area contributed by atoms with Crippen LogP contribution in [0.2, 0.25) is 0 Å². The van der Waals surface area contributed by atoms with E-state index in [0.29, 0.717) is 0 Å². The van der Waals surface area contributed by atoms with Crippen LogP contribution in [0.3, 0.4) is 0 Å². The van der Waals surface area contributed by atoms with E-state index >= 15 is 0 Å². The van der Waals surface area contributed by atoms with Gasteiger partial charge in [0.1, 0.15) is 0 Å². The van der Waals surface area contributed by atoms with Crippen molar-refractivity contribution in [1.29, 1.82) is 0 Å². The van der Waals surface area contributed by atoms with Crippen LogP contribution in [0.15, 0.2) is 103 Å². The lowest BCUT2D eigenvalue weighted by Crippen LogP contribution is -1.84. The second kappa shape index (κ2) is 6.41. The molecule has 0 aliphatic rings. The highest BCUT2D eigenvalue weighted by atomic mass is 14.1. The Balaban J connectivity index is 1.67. The first-order chi connectivity index (χ1) is 13.3. The lowest BCUT2D eigenvalue weighted by molar-refractivity contribution is 1.47. The third-order valence-corrected chi connectivity index (χ3v) is 5.29. The van der Waals surface area contributed by atoms with Gasteiger partial charge in [-0.25, -0.2) is 0 Å². The van der Waals surface area contributed by atoms with Gasteiger partial charge in [-0.1, -0.05) is 96.6 Å². The van der Waals surface area contributed by atoms with Crippen molar-refractivity contribution in [3.63, 3.8) is 0 Å². The van der Waals surface area contributed by atoms with E-state index in [1.807, 2.05) is 0 Å². The molecule has 5 aromatic carbocycles. The zero-order valence-electron chi connectivity index (χ0n) is 15.3. The zero-order valence-corrected chi connectivity index (χ0v) is 15.3. The van der Waals surface area contributed by atoms with Crippen LogP contribution in [0.1, 0.15) is 5.56 Å². The summed E-state index contributed by atoms with van der Waals surface area (Å²) in [5.74, 6) is 0. The lowest BCUT2D eigenvalue weighted by Gasteiger charge is -2.09. The van der Waals surface area contributed by atoms with Crippen molar-refractivity contribution in [2.45, 2.75) is 6.92 Å². The summed E-state index contributed by atoms with van der Waals surface area (Å²) in [6.45, 7) is 2.14. The molecule has 0 heteroatoms. The van der Waals surface area contributed by atoms with Crippen LogP contribution < -0.4 is 0 Å². The van der Waals surface area contributed by atoms with Gasteiger partial charge < -0.3 is 0 Å². The van der Waals surface area contributed by atoms with Gasteiger partial charge >= 0.3 is 0 Å². The van der Waals surface area contributed by atoms with Crippen LogP contribution >= 0.6 is 0 Å². The fourth-order valence-electron chi connectivity index (χ4n) is 3.88. The van der Waals surface area contributed by atoms with Crippen LogP contribution in [0.5, 0.6) is 0 Å². The van der Waals surface area contributed by atoms with Crippen LogP contribution in [0.4, 0.5) is 0 Å². The Hall–Kier alpha value is -3.38. The molecule has 0 nitrogen and oxygen atoms in total. The summed E-state index contributed by atoms with van der Waals surface area (Å²) in [4.78, 5) is 0. The first-order valence-electron chi connectivity index (χ1n) is 9.37. The Morgan fingerprint density at radius 1 is 0.407 bits per heavy atom. The maximum atomic E-state index is 2.33. The van der Waals surface area contributed by atoms with E-state index in [0.717, 1.165) is 0 Å². The van der Waals surface area contributed by atoms with E-state index in [1.54, 1.807) is 0 Å². The summed E-state index contributed by atoms with van der Waals surface area (Å²) < 4.78 is 0. The molecule has 0 aliphatic heterocycles. The summed E-state index contributed by atoms with van der Waals surface area (Å²) in [6.07, 6.45) is 0. The molecule has 0 heterocycles. The summed E-state index contributed by atoms with van der Waals surface area (Å²) in [5.41, 5.74) is 6.32. The number of aryl methyl sites for hydroxylation is 1. The highest BCUT2D eigenvalue weighted by Gasteiger charge is 2.05. The van der Waals surface area contributed by atoms with Gasteiger partial charge in [0.15, 0.2) is 0 Å². The van der Waals surface area contributed by atoms with Gasteiger partial charge in [0, 0.05) is 0 Å². The minimum atomic E-state index is 1.25. The first-order valence-corrected chi connectivity index (χ1v) is 9.37. The van der Waals surface area contributed by atoms with Gasteiger partial charge in [-0.15, -0.1) is 0 Å². The minimum absolute atomic E-state index is 1.25. The topological polar surface area (TPSA) is 0 Å². The van der Waals surface area contributed by atoms with Crippen molar-refractivity contribution in [2.24, 2.45) is 0 Å². The largest absolute Gasteiger partial charge is 0.0616 e. The second-order valence-corrected chi connectivity index (χ2v) is 7.17. The van der Waals surface area contributed by atoms with Crippen molar-refractivity contribution < 1.29 is 0 Å². The molecule has 27 heavy (non-hydrogen) atoms. The molecule has 0 aromatic heterocycles. The molecule has 0 aliphatic carbocycles. The molecule has 0 amide bonds. The van der Waals surface area contributed by atoms with E-state index < -0.39 is 0 Å². The van der Waals surface area contributed by atoms with Gasteiger partial charge in [-0.3, -0.25) is 0 Å². The van der Waals surface area contributed by atoms with Crippen molar-refractivity contribution in [3.8, 4) is 22.3 Å². The fraction of sp³-hybridized carbons (Fsp3) is 0.0370. The monoisotopic (exact) mass is 344 g/mol. The molecule has 0 radical (unpaired) electrons. The highest BCUT2D eigenvalue weighted by molar-refractivity contribution is 6.08. The van der Waals surface area contributed by atoms with E-state index in [1.165, 1.54) is 49.4 Å². The molecular formula is C27H20. The average Bonchev–Trinajstić information content (AvgIpc) is 2.73. The van der Waals surface area contributed by atoms with Crippen LogP contribution in [0.25, 0.3) is 43.8 Å². The van der Waals surface area contributed by atoms with Crippen LogP contribution in [0, 0.1) is 6.92 Å². The first kappa shape index (κ1) is 15.8. The SMILES string of the molecule is Cc1cccc(-c2cccc(-c3ccc4ccc5ccccc5c4c3)c2)c1. The highest BCUT2D eigenvalue weighted by Crippen LogP contribution is 2.32. The summed E-state index contributed by atoms with van der Waals surface area (Å²) >= 11 is 0. The van der Waals surface area contributed by atoms with Crippen molar-refractivity contribution in [1.82, 2.24) is 0 Å². The number of benzene rings is 5. The van der Waals surface area contributed by atoms with Crippen LogP contribution in [-0.2, 0) is 0 Å². The smallest absolute Gasteiger partial charge is 0.00992 e. The molecular weight excluding hydrogens is 324 g/mol. The van der Waals surface area contributed by atoms with Crippen LogP contribution in [-0.4, -0.2) is 0 Å². The van der Waals surface area contributed by atoms with Crippen molar-refractivity contribution in [3.05, 3.63) is 109 Å². The van der Waals surface area contributed by atoms with Gasteiger partial charge in [-0.2, -0.15) is 0 Å². The standard InChI is InChI=1S/C27H20/c1-19-6-4-8-22(16-19)23-9-5-10-24(17-23)25-15-14-21-13-12-20-7-2-3-11-26(20)27(21)18-25/h2-18H,1H3. The van der Waals surface area contributed by atoms with E-state index in [4.69, 9.17) is 0 Å². The number of rotatable bonds is 2. The second-order valence-electron chi connectivity index (χ2n) is 7.17. The van der Waals surface area contributed by atoms with Crippen molar-refractivity contribution in [2.75, 3.05) is 0 Å². The molecule has 128 valence electrons. The van der Waals surface area contributed by atoms with E-state index in [-0.39, 0.29) is 0 Å². The Bertz CT molecular complexity index is 1280. The normalized spacial score (nSPS) is 11.1. The predicted molar refractivity (Wildman–Crippen MR) is 117 cm³/mol.